The van der Waals surface area contributed by atoms with Gasteiger partial charge in [-0.3, -0.25) is 0 Å². The number of hydrogen-bond donors (Lipinski definition) is 3. The number of fused-ring (bicyclic) bond motifs is 1. The standard InChI is InChI=1S/C11H15N5O2/c1-2-3-4-7(11(17)18)16-10-8-9(13-5-12-8)14-6-15-10/h5-7H,2-4H2,1H3,(H,17,18)(H2,12,13,14,15,16). The summed E-state index contributed by atoms with van der Waals surface area (Å²) in [6, 6.07) is -0.647. The van der Waals surface area contributed by atoms with Crippen LogP contribution in [0, 0.1) is 0 Å². The lowest BCUT2D eigenvalue weighted by molar-refractivity contribution is -0.138. The molecule has 7 nitrogen and oxygen atoms in total. The Balaban J connectivity index is 2.20. The molecule has 3 N–H and O–H groups in total. The van der Waals surface area contributed by atoms with Crippen molar-refractivity contribution in [1.29, 1.82) is 0 Å². The molecule has 0 aliphatic rings. The number of aliphatic carboxylic acids is 1. The van der Waals surface area contributed by atoms with Gasteiger partial charge >= 0.3 is 5.97 Å². The molecule has 0 aliphatic heterocycles. The van der Waals surface area contributed by atoms with Crippen LogP contribution >= 0.6 is 0 Å². The monoisotopic (exact) mass is 249 g/mol. The van der Waals surface area contributed by atoms with Crippen molar-refractivity contribution in [3.05, 3.63) is 12.7 Å². The summed E-state index contributed by atoms with van der Waals surface area (Å²) in [5.41, 5.74) is 1.15. The Kier molecular flexibility index (Phi) is 3.71. The molecule has 0 radical (unpaired) electrons. The molecule has 2 aromatic heterocycles. The van der Waals surface area contributed by atoms with Gasteiger partial charge in [0.05, 0.1) is 6.33 Å². The molecule has 2 aromatic rings. The molecular formula is C11H15N5O2. The van der Waals surface area contributed by atoms with Gasteiger partial charge in [0.1, 0.15) is 17.9 Å². The molecule has 1 unspecified atom stereocenters. The molecule has 18 heavy (non-hydrogen) atoms. The molecule has 0 saturated carbocycles. The zero-order valence-electron chi connectivity index (χ0n) is 10.1. The highest BCUT2D eigenvalue weighted by atomic mass is 16.4. The molecule has 2 rings (SSSR count). The van der Waals surface area contributed by atoms with E-state index < -0.39 is 12.0 Å². The molecular weight excluding hydrogens is 234 g/mol. The normalized spacial score (nSPS) is 12.5. The van der Waals surface area contributed by atoms with E-state index in [9.17, 15) is 4.79 Å². The second kappa shape index (κ2) is 5.44. The lowest BCUT2D eigenvalue weighted by Gasteiger charge is -2.14. The van der Waals surface area contributed by atoms with Gasteiger partial charge in [0.25, 0.3) is 0 Å². The number of nitrogens with zero attached hydrogens (tertiary/aromatic N) is 3. The number of carboxylic acid groups (broad SMARTS) is 1. The highest BCUT2D eigenvalue weighted by Gasteiger charge is 2.18. The van der Waals surface area contributed by atoms with E-state index in [1.54, 1.807) is 0 Å². The third kappa shape index (κ3) is 2.55. The van der Waals surface area contributed by atoms with E-state index >= 15 is 0 Å². The number of anilines is 1. The summed E-state index contributed by atoms with van der Waals surface area (Å²) in [7, 11) is 0. The van der Waals surface area contributed by atoms with Crippen molar-refractivity contribution >= 4 is 23.0 Å². The highest BCUT2D eigenvalue weighted by molar-refractivity contribution is 5.85. The molecule has 0 bridgehead atoms. The lowest BCUT2D eigenvalue weighted by atomic mass is 10.1. The van der Waals surface area contributed by atoms with E-state index in [0.29, 0.717) is 23.4 Å². The Morgan fingerprint density at radius 3 is 3.06 bits per heavy atom. The van der Waals surface area contributed by atoms with Crippen LogP contribution in [0.15, 0.2) is 12.7 Å². The van der Waals surface area contributed by atoms with Gasteiger partial charge in [0.15, 0.2) is 11.5 Å². The SMILES string of the molecule is CCCCC(Nc1ncnc2nc[nH]c12)C(=O)O. The van der Waals surface area contributed by atoms with E-state index in [1.807, 2.05) is 6.92 Å². The van der Waals surface area contributed by atoms with Crippen molar-refractivity contribution in [1.82, 2.24) is 19.9 Å². The quantitative estimate of drug-likeness (QED) is 0.715. The number of carboxylic acids is 1. The lowest BCUT2D eigenvalue weighted by Crippen LogP contribution is -2.29. The van der Waals surface area contributed by atoms with E-state index in [-0.39, 0.29) is 0 Å². The summed E-state index contributed by atoms with van der Waals surface area (Å²) in [5, 5.41) is 12.1. The number of nitrogens with one attached hydrogen (secondary N) is 2. The maximum atomic E-state index is 11.2. The van der Waals surface area contributed by atoms with Crippen LogP contribution in [0.1, 0.15) is 26.2 Å². The fraction of sp³-hybridized carbons (Fsp3) is 0.455. The van der Waals surface area contributed by atoms with Gasteiger partial charge in [-0.15, -0.1) is 0 Å². The summed E-state index contributed by atoms with van der Waals surface area (Å²) < 4.78 is 0. The minimum atomic E-state index is -0.880. The van der Waals surface area contributed by atoms with Crippen LogP contribution in [0.5, 0.6) is 0 Å². The number of rotatable bonds is 6. The number of H-pyrrole nitrogens is 1. The van der Waals surface area contributed by atoms with Crippen molar-refractivity contribution in [2.75, 3.05) is 5.32 Å². The summed E-state index contributed by atoms with van der Waals surface area (Å²) >= 11 is 0. The fourth-order valence-corrected chi connectivity index (χ4v) is 1.71. The molecule has 0 fully saturated rings. The van der Waals surface area contributed by atoms with E-state index in [1.165, 1.54) is 12.7 Å². The average Bonchev–Trinajstić information content (AvgIpc) is 2.83. The van der Waals surface area contributed by atoms with Crippen LogP contribution in [0.2, 0.25) is 0 Å². The molecule has 2 heterocycles. The van der Waals surface area contributed by atoms with E-state index in [4.69, 9.17) is 5.11 Å². The Morgan fingerprint density at radius 2 is 2.33 bits per heavy atom. The first-order valence-electron chi connectivity index (χ1n) is 5.85. The largest absolute Gasteiger partial charge is 0.480 e. The van der Waals surface area contributed by atoms with Gasteiger partial charge in [0.2, 0.25) is 0 Å². The summed E-state index contributed by atoms with van der Waals surface area (Å²) in [6.07, 6.45) is 5.23. The first kappa shape index (κ1) is 12.3. The predicted octanol–water partition coefficient (Wildman–Crippen LogP) is 1.41. The minimum Gasteiger partial charge on any atom is -0.480 e. The molecule has 96 valence electrons. The van der Waals surface area contributed by atoms with Crippen LogP contribution in [-0.2, 0) is 4.79 Å². The molecule has 0 amide bonds. The van der Waals surface area contributed by atoms with Crippen LogP contribution in [-0.4, -0.2) is 37.1 Å². The van der Waals surface area contributed by atoms with Gasteiger partial charge in [0, 0.05) is 0 Å². The van der Waals surface area contributed by atoms with Crippen molar-refractivity contribution in [3.8, 4) is 0 Å². The average molecular weight is 249 g/mol. The molecule has 0 aliphatic carbocycles. The molecule has 0 spiro atoms. The maximum absolute atomic E-state index is 11.2. The maximum Gasteiger partial charge on any atom is 0.326 e. The van der Waals surface area contributed by atoms with Crippen LogP contribution < -0.4 is 5.32 Å². The third-order valence-corrected chi connectivity index (χ3v) is 2.68. The number of aromatic amines is 1. The van der Waals surface area contributed by atoms with Gasteiger partial charge in [-0.2, -0.15) is 0 Å². The zero-order valence-corrected chi connectivity index (χ0v) is 10.1. The minimum absolute atomic E-state index is 0.473. The van der Waals surface area contributed by atoms with Crippen LogP contribution in [0.3, 0.4) is 0 Å². The van der Waals surface area contributed by atoms with Crippen LogP contribution in [0.25, 0.3) is 11.2 Å². The van der Waals surface area contributed by atoms with Gasteiger partial charge in [-0.1, -0.05) is 19.8 Å². The summed E-state index contributed by atoms with van der Waals surface area (Å²) in [5.74, 6) is -0.407. The zero-order chi connectivity index (χ0) is 13.0. The first-order valence-corrected chi connectivity index (χ1v) is 5.85. The Bertz CT molecular complexity index is 539. The van der Waals surface area contributed by atoms with Crippen LogP contribution in [0.4, 0.5) is 5.82 Å². The first-order chi connectivity index (χ1) is 8.72. The Morgan fingerprint density at radius 1 is 1.50 bits per heavy atom. The highest BCUT2D eigenvalue weighted by Crippen LogP contribution is 2.17. The van der Waals surface area contributed by atoms with E-state index in [2.05, 4.69) is 25.3 Å². The van der Waals surface area contributed by atoms with Crippen molar-refractivity contribution in [2.24, 2.45) is 0 Å². The van der Waals surface area contributed by atoms with E-state index in [0.717, 1.165) is 12.8 Å². The molecule has 0 aromatic carbocycles. The molecule has 1 atom stereocenters. The number of aromatic nitrogens is 4. The van der Waals surface area contributed by atoms with Gasteiger partial charge < -0.3 is 15.4 Å². The second-order valence-corrected chi connectivity index (χ2v) is 4.00. The summed E-state index contributed by atoms with van der Waals surface area (Å²) in [4.78, 5) is 26.1. The van der Waals surface area contributed by atoms with Crippen molar-refractivity contribution in [2.45, 2.75) is 32.2 Å². The number of unbranched alkanes of at least 4 members (excludes halogenated alkanes) is 1. The van der Waals surface area contributed by atoms with Crippen molar-refractivity contribution in [3.63, 3.8) is 0 Å². The Labute approximate surface area is 104 Å². The topological polar surface area (TPSA) is 104 Å². The van der Waals surface area contributed by atoms with Gasteiger partial charge in [-0.05, 0) is 6.42 Å². The fourth-order valence-electron chi connectivity index (χ4n) is 1.71. The third-order valence-electron chi connectivity index (χ3n) is 2.68. The summed E-state index contributed by atoms with van der Waals surface area (Å²) in [6.45, 7) is 2.02. The molecule has 7 heteroatoms. The number of carbonyl (C=O) groups is 1. The molecule has 0 saturated heterocycles. The van der Waals surface area contributed by atoms with Crippen molar-refractivity contribution < 1.29 is 9.90 Å². The smallest absolute Gasteiger partial charge is 0.326 e. The predicted molar refractivity (Wildman–Crippen MR) is 66.3 cm³/mol. The second-order valence-electron chi connectivity index (χ2n) is 4.00. The number of imidazole rings is 1. The number of hydrogen-bond acceptors (Lipinski definition) is 5. The van der Waals surface area contributed by atoms with Gasteiger partial charge in [-0.25, -0.2) is 19.7 Å². The Hall–Kier alpha value is -2.18.